The van der Waals surface area contributed by atoms with Crippen molar-refractivity contribution in [3.63, 3.8) is 0 Å². The number of halogens is 1. The van der Waals surface area contributed by atoms with Crippen LogP contribution in [0.5, 0.6) is 0 Å². The van der Waals surface area contributed by atoms with E-state index in [0.717, 1.165) is 25.5 Å². The van der Waals surface area contributed by atoms with Gasteiger partial charge in [-0.15, -0.1) is 0 Å². The molecule has 0 heterocycles. The molecule has 0 spiro atoms. The zero-order valence-corrected chi connectivity index (χ0v) is 16.2. The first-order chi connectivity index (χ1) is 12.4. The summed E-state index contributed by atoms with van der Waals surface area (Å²) < 4.78 is 0.792. The van der Waals surface area contributed by atoms with Crippen molar-refractivity contribution in [1.82, 2.24) is 0 Å². The van der Waals surface area contributed by atoms with E-state index in [2.05, 4.69) is 5.32 Å². The van der Waals surface area contributed by atoms with Gasteiger partial charge in [-0.25, -0.2) is 4.79 Å². The number of benzene rings is 3. The highest BCUT2D eigenvalue weighted by atomic mass is 127. The van der Waals surface area contributed by atoms with E-state index in [0.29, 0.717) is 0 Å². The molecule has 0 aliphatic rings. The van der Waals surface area contributed by atoms with Gasteiger partial charge in [0.05, 0.1) is 11.3 Å². The lowest BCUT2D eigenvalue weighted by atomic mass is 10.0. The van der Waals surface area contributed by atoms with E-state index in [-0.39, 0.29) is 17.2 Å². The third-order valence-electron chi connectivity index (χ3n) is 4.02. The second-order valence-electron chi connectivity index (χ2n) is 5.87. The smallest absolute Gasteiger partial charge is 0.337 e. The van der Waals surface area contributed by atoms with Gasteiger partial charge in [-0.1, -0.05) is 36.4 Å². The maximum absolute atomic E-state index is 12.3. The lowest BCUT2D eigenvalue weighted by molar-refractivity contribution is -0.111. The van der Waals surface area contributed by atoms with Crippen molar-refractivity contribution in [1.29, 1.82) is 0 Å². The molecule has 0 aromatic heterocycles. The minimum atomic E-state index is -1.07. The van der Waals surface area contributed by atoms with E-state index in [1.807, 2.05) is 72.0 Å². The first-order valence-corrected chi connectivity index (χ1v) is 9.03. The molecular formula is C21H16INO3. The maximum Gasteiger partial charge on any atom is 0.337 e. The molecule has 130 valence electrons. The highest BCUT2D eigenvalue weighted by Gasteiger charge is 2.12. The normalized spacial score (nSPS) is 11.4. The molecule has 3 aromatic carbocycles. The van der Waals surface area contributed by atoms with Crippen molar-refractivity contribution in [3.05, 3.63) is 81.4 Å². The summed E-state index contributed by atoms with van der Waals surface area (Å²) in [5.41, 5.74) is 2.10. The summed E-state index contributed by atoms with van der Waals surface area (Å²) in [6.45, 7) is 1.86. The Morgan fingerprint density at radius 1 is 1.00 bits per heavy atom. The topological polar surface area (TPSA) is 66.4 Å². The monoisotopic (exact) mass is 457 g/mol. The number of hydrogen-bond acceptors (Lipinski definition) is 2. The fourth-order valence-corrected chi connectivity index (χ4v) is 3.18. The third kappa shape index (κ3) is 4.11. The van der Waals surface area contributed by atoms with E-state index in [4.69, 9.17) is 0 Å². The van der Waals surface area contributed by atoms with Crippen molar-refractivity contribution < 1.29 is 14.7 Å². The van der Waals surface area contributed by atoms with Crippen LogP contribution in [-0.2, 0) is 4.79 Å². The molecule has 3 rings (SSSR count). The SMILES string of the molecule is C/C(=C\C(=O)Nc1ccc(I)cc1C(=O)O)c1ccc2ccccc2c1. The van der Waals surface area contributed by atoms with Crippen LogP contribution in [0.2, 0.25) is 0 Å². The average molecular weight is 457 g/mol. The summed E-state index contributed by atoms with van der Waals surface area (Å²) in [4.78, 5) is 23.7. The van der Waals surface area contributed by atoms with Crippen LogP contribution in [0.1, 0.15) is 22.8 Å². The van der Waals surface area contributed by atoms with Crippen LogP contribution >= 0.6 is 22.6 Å². The minimum absolute atomic E-state index is 0.0713. The van der Waals surface area contributed by atoms with Gasteiger partial charge in [0.25, 0.3) is 0 Å². The Labute approximate surface area is 164 Å². The van der Waals surface area contributed by atoms with Crippen LogP contribution in [0.4, 0.5) is 5.69 Å². The number of carboxylic acids is 1. The lowest BCUT2D eigenvalue weighted by Gasteiger charge is -2.08. The number of fused-ring (bicyclic) bond motifs is 1. The molecule has 1 amide bonds. The van der Waals surface area contributed by atoms with Crippen LogP contribution in [0, 0.1) is 3.57 Å². The maximum atomic E-state index is 12.3. The van der Waals surface area contributed by atoms with Gasteiger partial charge in [0.1, 0.15) is 0 Å². The van der Waals surface area contributed by atoms with Crippen molar-refractivity contribution in [2.75, 3.05) is 5.32 Å². The second-order valence-corrected chi connectivity index (χ2v) is 7.12. The van der Waals surface area contributed by atoms with Crippen LogP contribution < -0.4 is 5.32 Å². The van der Waals surface area contributed by atoms with Crippen molar-refractivity contribution in [3.8, 4) is 0 Å². The standard InChI is InChI=1S/C21H16INO3/c1-13(15-7-6-14-4-2-3-5-16(14)11-15)10-20(24)23-19-9-8-17(22)12-18(19)21(25)26/h2-12H,1H3,(H,23,24)(H,25,26)/b13-10+. The highest BCUT2D eigenvalue weighted by Crippen LogP contribution is 2.22. The molecule has 0 saturated heterocycles. The van der Waals surface area contributed by atoms with E-state index in [1.165, 1.54) is 12.1 Å². The Balaban J connectivity index is 1.85. The Morgan fingerprint density at radius 3 is 2.46 bits per heavy atom. The molecule has 0 saturated carbocycles. The van der Waals surface area contributed by atoms with Gasteiger partial charge in [0, 0.05) is 9.65 Å². The van der Waals surface area contributed by atoms with Gasteiger partial charge in [0.15, 0.2) is 0 Å². The van der Waals surface area contributed by atoms with Crippen molar-refractivity contribution in [2.24, 2.45) is 0 Å². The quantitative estimate of drug-likeness (QED) is 0.419. The summed E-state index contributed by atoms with van der Waals surface area (Å²) >= 11 is 2.04. The summed E-state index contributed by atoms with van der Waals surface area (Å²) in [6.07, 6.45) is 1.48. The summed E-state index contributed by atoms with van der Waals surface area (Å²) in [5, 5.41) is 14.2. The number of anilines is 1. The van der Waals surface area contributed by atoms with Gasteiger partial charge in [0.2, 0.25) is 5.91 Å². The van der Waals surface area contributed by atoms with Crippen molar-refractivity contribution in [2.45, 2.75) is 6.92 Å². The number of nitrogens with one attached hydrogen (secondary N) is 1. The number of carbonyl (C=O) groups is 2. The predicted molar refractivity (Wildman–Crippen MR) is 112 cm³/mol. The molecule has 3 aromatic rings. The second kappa shape index (κ2) is 7.70. The number of amides is 1. The fourth-order valence-electron chi connectivity index (χ4n) is 2.69. The van der Waals surface area contributed by atoms with E-state index < -0.39 is 5.97 Å². The summed E-state index contributed by atoms with van der Waals surface area (Å²) in [6, 6.07) is 18.9. The van der Waals surface area contributed by atoms with E-state index >= 15 is 0 Å². The third-order valence-corrected chi connectivity index (χ3v) is 4.69. The molecule has 2 N–H and O–H groups in total. The van der Waals surface area contributed by atoms with Crippen molar-refractivity contribution >= 4 is 56.5 Å². The molecule has 0 unspecified atom stereocenters. The predicted octanol–water partition coefficient (Wildman–Crippen LogP) is 5.18. The molecule has 26 heavy (non-hydrogen) atoms. The van der Waals surface area contributed by atoms with Crippen LogP contribution in [-0.4, -0.2) is 17.0 Å². The fraction of sp³-hybridized carbons (Fsp3) is 0.0476. The first kappa shape index (κ1) is 18.1. The number of carbonyl (C=O) groups excluding carboxylic acids is 1. The summed E-state index contributed by atoms with van der Waals surface area (Å²) in [5.74, 6) is -1.44. The minimum Gasteiger partial charge on any atom is -0.478 e. The molecule has 4 nitrogen and oxygen atoms in total. The molecule has 0 radical (unpaired) electrons. The Kier molecular flexibility index (Phi) is 5.37. The van der Waals surface area contributed by atoms with Gasteiger partial charge >= 0.3 is 5.97 Å². The van der Waals surface area contributed by atoms with Crippen LogP contribution in [0.25, 0.3) is 16.3 Å². The molecule has 0 aliphatic carbocycles. The van der Waals surface area contributed by atoms with Gasteiger partial charge in [-0.05, 0) is 75.7 Å². The average Bonchev–Trinajstić information content (AvgIpc) is 2.62. The summed E-state index contributed by atoms with van der Waals surface area (Å²) in [7, 11) is 0. The Morgan fingerprint density at radius 2 is 1.73 bits per heavy atom. The van der Waals surface area contributed by atoms with Crippen LogP contribution in [0.3, 0.4) is 0 Å². The van der Waals surface area contributed by atoms with E-state index in [1.54, 1.807) is 12.1 Å². The molecule has 0 fully saturated rings. The first-order valence-electron chi connectivity index (χ1n) is 7.95. The number of allylic oxidation sites excluding steroid dienone is 1. The van der Waals surface area contributed by atoms with E-state index in [9.17, 15) is 14.7 Å². The zero-order chi connectivity index (χ0) is 18.7. The zero-order valence-electron chi connectivity index (χ0n) is 14.0. The molecule has 5 heteroatoms. The Hall–Kier alpha value is -2.67. The number of rotatable bonds is 4. The highest BCUT2D eigenvalue weighted by molar-refractivity contribution is 14.1. The Bertz CT molecular complexity index is 1040. The van der Waals surface area contributed by atoms with Gasteiger partial charge < -0.3 is 10.4 Å². The molecular weight excluding hydrogens is 441 g/mol. The lowest BCUT2D eigenvalue weighted by Crippen LogP contribution is -2.12. The number of hydrogen-bond donors (Lipinski definition) is 2. The molecule has 0 bridgehead atoms. The van der Waals surface area contributed by atoms with Gasteiger partial charge in [-0.3, -0.25) is 4.79 Å². The van der Waals surface area contributed by atoms with Crippen LogP contribution in [0.15, 0.2) is 66.7 Å². The molecule has 0 aliphatic heterocycles. The largest absolute Gasteiger partial charge is 0.478 e. The molecule has 0 atom stereocenters. The number of aromatic carboxylic acids is 1. The number of carboxylic acid groups (broad SMARTS) is 1. The van der Waals surface area contributed by atoms with Gasteiger partial charge in [-0.2, -0.15) is 0 Å².